The average molecular weight is 295 g/mol. The molecule has 2 fully saturated rings. The lowest BCUT2D eigenvalue weighted by molar-refractivity contribution is -0.125. The van der Waals surface area contributed by atoms with E-state index < -0.39 is 11.6 Å². The van der Waals surface area contributed by atoms with Gasteiger partial charge in [-0.2, -0.15) is 0 Å². The van der Waals surface area contributed by atoms with E-state index in [0.29, 0.717) is 31.2 Å². The van der Waals surface area contributed by atoms with Crippen molar-refractivity contribution in [3.05, 3.63) is 0 Å². The first-order valence-electron chi connectivity index (χ1n) is 7.82. The second-order valence-electron chi connectivity index (χ2n) is 6.63. The molecule has 0 radical (unpaired) electrons. The van der Waals surface area contributed by atoms with Gasteiger partial charge in [0, 0.05) is 12.5 Å². The Bertz CT molecular complexity index is 438. The van der Waals surface area contributed by atoms with Gasteiger partial charge in [0.15, 0.2) is 0 Å². The molecule has 0 aromatic rings. The number of carbonyl (C=O) groups is 3. The Morgan fingerprint density at radius 3 is 2.76 bits per heavy atom. The fraction of sp³-hybridized carbons (Fsp3) is 0.800. The van der Waals surface area contributed by atoms with Gasteiger partial charge in [-0.15, -0.1) is 0 Å². The van der Waals surface area contributed by atoms with Crippen LogP contribution in [-0.4, -0.2) is 29.4 Å². The lowest BCUT2D eigenvalue weighted by Crippen LogP contribution is -2.44. The molecule has 6 nitrogen and oxygen atoms in total. The topological polar surface area (TPSA) is 87.3 Å². The summed E-state index contributed by atoms with van der Waals surface area (Å²) in [5, 5.41) is 7.92. The minimum absolute atomic E-state index is 0.0439. The van der Waals surface area contributed by atoms with Crippen LogP contribution in [0, 0.1) is 5.92 Å². The molecule has 1 saturated heterocycles. The van der Waals surface area contributed by atoms with Crippen LogP contribution in [0.4, 0.5) is 4.79 Å². The summed E-state index contributed by atoms with van der Waals surface area (Å²) in [6.07, 6.45) is 5.99. The predicted octanol–water partition coefficient (Wildman–Crippen LogP) is 1.45. The van der Waals surface area contributed by atoms with Crippen molar-refractivity contribution in [3.8, 4) is 0 Å². The molecule has 3 N–H and O–H groups in total. The minimum atomic E-state index is -0.878. The molecule has 3 atom stereocenters. The fourth-order valence-electron chi connectivity index (χ4n) is 3.22. The Labute approximate surface area is 125 Å². The minimum Gasteiger partial charge on any atom is -0.353 e. The molecule has 1 saturated carbocycles. The Morgan fingerprint density at radius 2 is 2.14 bits per heavy atom. The molecule has 0 bridgehead atoms. The van der Waals surface area contributed by atoms with E-state index in [-0.39, 0.29) is 11.8 Å². The van der Waals surface area contributed by atoms with Gasteiger partial charge >= 0.3 is 6.03 Å². The van der Waals surface area contributed by atoms with Gasteiger partial charge in [0.05, 0.1) is 0 Å². The van der Waals surface area contributed by atoms with Gasteiger partial charge in [0.1, 0.15) is 5.54 Å². The molecule has 21 heavy (non-hydrogen) atoms. The van der Waals surface area contributed by atoms with Gasteiger partial charge in [-0.1, -0.05) is 19.8 Å². The third-order valence-corrected chi connectivity index (χ3v) is 4.50. The van der Waals surface area contributed by atoms with Crippen LogP contribution in [0.3, 0.4) is 0 Å². The largest absolute Gasteiger partial charge is 0.353 e. The van der Waals surface area contributed by atoms with Crippen molar-refractivity contribution in [2.24, 2.45) is 5.92 Å². The molecule has 118 valence electrons. The van der Waals surface area contributed by atoms with E-state index >= 15 is 0 Å². The van der Waals surface area contributed by atoms with Crippen molar-refractivity contribution in [2.75, 3.05) is 0 Å². The van der Waals surface area contributed by atoms with Gasteiger partial charge in [-0.3, -0.25) is 14.9 Å². The first kappa shape index (κ1) is 15.8. The lowest BCUT2D eigenvalue weighted by Gasteiger charge is -2.27. The smallest absolute Gasteiger partial charge is 0.322 e. The van der Waals surface area contributed by atoms with E-state index in [9.17, 15) is 14.4 Å². The molecule has 0 spiro atoms. The second-order valence-corrected chi connectivity index (χ2v) is 6.63. The first-order valence-corrected chi connectivity index (χ1v) is 7.82. The maximum Gasteiger partial charge on any atom is 0.322 e. The van der Waals surface area contributed by atoms with Crippen molar-refractivity contribution in [1.29, 1.82) is 0 Å². The summed E-state index contributed by atoms with van der Waals surface area (Å²) in [6, 6.07) is -0.158. The van der Waals surface area contributed by atoms with Gasteiger partial charge < -0.3 is 10.6 Å². The zero-order chi connectivity index (χ0) is 15.5. The zero-order valence-corrected chi connectivity index (χ0v) is 12.8. The normalized spacial score (nSPS) is 32.5. The molecule has 0 aromatic heterocycles. The highest BCUT2D eigenvalue weighted by atomic mass is 16.2. The summed E-state index contributed by atoms with van der Waals surface area (Å²) in [4.78, 5) is 34.7. The van der Waals surface area contributed by atoms with Crippen LogP contribution in [0.1, 0.15) is 58.8 Å². The van der Waals surface area contributed by atoms with E-state index in [1.54, 1.807) is 6.92 Å². The van der Waals surface area contributed by atoms with Crippen molar-refractivity contribution in [1.82, 2.24) is 16.0 Å². The molecule has 1 aliphatic heterocycles. The molecule has 6 heteroatoms. The number of carbonyl (C=O) groups excluding carboxylic acids is 3. The maximum absolute atomic E-state index is 11.9. The third kappa shape index (κ3) is 4.19. The SMILES string of the molecule is C[C@@H]1CCC[C@@H](NC(=O)CCC[C@]2(C)NC(=O)NC2=O)C1. The Morgan fingerprint density at radius 1 is 1.38 bits per heavy atom. The van der Waals surface area contributed by atoms with Crippen LogP contribution in [0.25, 0.3) is 0 Å². The highest BCUT2D eigenvalue weighted by Gasteiger charge is 2.41. The van der Waals surface area contributed by atoms with Crippen LogP contribution in [0.15, 0.2) is 0 Å². The molecule has 1 aliphatic carbocycles. The number of amides is 4. The molecule has 4 amide bonds. The van der Waals surface area contributed by atoms with Crippen molar-refractivity contribution < 1.29 is 14.4 Å². The molecular formula is C15H25N3O3. The number of hydrogen-bond acceptors (Lipinski definition) is 3. The molecule has 2 rings (SSSR count). The Balaban J connectivity index is 1.69. The highest BCUT2D eigenvalue weighted by Crippen LogP contribution is 2.24. The summed E-state index contributed by atoms with van der Waals surface area (Å²) in [5.74, 6) is 0.414. The summed E-state index contributed by atoms with van der Waals surface area (Å²) < 4.78 is 0. The van der Waals surface area contributed by atoms with E-state index in [4.69, 9.17) is 0 Å². The summed E-state index contributed by atoms with van der Waals surface area (Å²) in [7, 11) is 0. The number of urea groups is 1. The standard InChI is InChI=1S/C15H25N3O3/c1-10-5-3-6-11(9-10)16-12(19)7-4-8-15(2)13(20)17-14(21)18-15/h10-11H,3-9H2,1-2H3,(H,16,19)(H2,17,18,20,21)/t10-,11-,15+/m1/s1. The second kappa shape index (κ2) is 6.45. The number of imide groups is 1. The monoisotopic (exact) mass is 295 g/mol. The number of nitrogens with one attached hydrogen (secondary N) is 3. The summed E-state index contributed by atoms with van der Waals surface area (Å²) >= 11 is 0. The molecule has 0 aromatic carbocycles. The molecular weight excluding hydrogens is 270 g/mol. The van der Waals surface area contributed by atoms with Crippen molar-refractivity contribution in [3.63, 3.8) is 0 Å². The first-order chi connectivity index (χ1) is 9.89. The van der Waals surface area contributed by atoms with Crippen LogP contribution in [-0.2, 0) is 9.59 Å². The van der Waals surface area contributed by atoms with Crippen LogP contribution < -0.4 is 16.0 Å². The van der Waals surface area contributed by atoms with E-state index in [0.717, 1.165) is 12.8 Å². The Kier molecular flexibility index (Phi) is 4.85. The maximum atomic E-state index is 11.9. The molecule has 0 unspecified atom stereocenters. The lowest BCUT2D eigenvalue weighted by atomic mass is 9.87. The van der Waals surface area contributed by atoms with E-state index in [2.05, 4.69) is 22.9 Å². The molecule has 2 aliphatic rings. The van der Waals surface area contributed by atoms with Crippen LogP contribution in [0.5, 0.6) is 0 Å². The van der Waals surface area contributed by atoms with Gasteiger partial charge in [0.2, 0.25) is 5.91 Å². The Hall–Kier alpha value is -1.59. The summed E-state index contributed by atoms with van der Waals surface area (Å²) in [6.45, 7) is 3.91. The fourth-order valence-corrected chi connectivity index (χ4v) is 3.22. The summed E-state index contributed by atoms with van der Waals surface area (Å²) in [5.41, 5.74) is -0.878. The predicted molar refractivity (Wildman–Crippen MR) is 78.5 cm³/mol. The van der Waals surface area contributed by atoms with Crippen LogP contribution in [0.2, 0.25) is 0 Å². The van der Waals surface area contributed by atoms with Crippen LogP contribution >= 0.6 is 0 Å². The number of hydrogen-bond donors (Lipinski definition) is 3. The zero-order valence-electron chi connectivity index (χ0n) is 12.8. The van der Waals surface area contributed by atoms with Gasteiger partial charge in [0.25, 0.3) is 5.91 Å². The average Bonchev–Trinajstić information content (AvgIpc) is 2.62. The van der Waals surface area contributed by atoms with Crippen molar-refractivity contribution in [2.45, 2.75) is 70.4 Å². The molecule has 1 heterocycles. The number of rotatable bonds is 5. The third-order valence-electron chi connectivity index (χ3n) is 4.50. The van der Waals surface area contributed by atoms with E-state index in [1.807, 2.05) is 0 Å². The van der Waals surface area contributed by atoms with Gasteiger partial charge in [-0.25, -0.2) is 4.79 Å². The highest BCUT2D eigenvalue weighted by molar-refractivity contribution is 6.06. The van der Waals surface area contributed by atoms with E-state index in [1.165, 1.54) is 12.8 Å². The quantitative estimate of drug-likeness (QED) is 0.671. The van der Waals surface area contributed by atoms with Gasteiger partial charge in [-0.05, 0) is 38.5 Å². The van der Waals surface area contributed by atoms with Crippen molar-refractivity contribution >= 4 is 17.8 Å².